The maximum Gasteiger partial charge on any atom is 0.134 e. The highest BCUT2D eigenvalue weighted by Gasteiger charge is 2.24. The Bertz CT molecular complexity index is 679. The van der Waals surface area contributed by atoms with Gasteiger partial charge in [-0.05, 0) is 37.3 Å². The van der Waals surface area contributed by atoms with Gasteiger partial charge < -0.3 is 10.2 Å². The van der Waals surface area contributed by atoms with Gasteiger partial charge in [-0.1, -0.05) is 37.1 Å². The van der Waals surface area contributed by atoms with Crippen LogP contribution in [0.25, 0.3) is 0 Å². The summed E-state index contributed by atoms with van der Waals surface area (Å²) in [7, 11) is 0. The highest BCUT2D eigenvalue weighted by Crippen LogP contribution is 2.28. The highest BCUT2D eigenvalue weighted by atomic mass is 15.2. The largest absolute Gasteiger partial charge is 0.367 e. The number of rotatable bonds is 3. The van der Waals surface area contributed by atoms with Crippen LogP contribution in [0.5, 0.6) is 0 Å². The second-order valence-electron chi connectivity index (χ2n) is 6.84. The van der Waals surface area contributed by atoms with Crippen molar-refractivity contribution >= 4 is 11.6 Å². The van der Waals surface area contributed by atoms with Gasteiger partial charge in [-0.25, -0.2) is 9.97 Å². The lowest BCUT2D eigenvalue weighted by Crippen LogP contribution is -2.39. The zero-order valence-electron chi connectivity index (χ0n) is 13.7. The minimum Gasteiger partial charge on any atom is -0.367 e. The first kappa shape index (κ1) is 14.5. The molecule has 0 saturated heterocycles. The molecule has 120 valence electrons. The van der Waals surface area contributed by atoms with E-state index in [2.05, 4.69) is 57.4 Å². The number of hydrogen-bond acceptors (Lipinski definition) is 4. The normalized spacial score (nSPS) is 21.3. The molecule has 1 N–H and O–H groups in total. The average molecular weight is 308 g/mol. The van der Waals surface area contributed by atoms with E-state index in [0.29, 0.717) is 12.1 Å². The number of hydrogen-bond donors (Lipinski definition) is 1. The molecule has 1 saturated carbocycles. The van der Waals surface area contributed by atoms with Gasteiger partial charge in [-0.3, -0.25) is 0 Å². The first-order chi connectivity index (χ1) is 11.3. The molecule has 1 atom stereocenters. The van der Waals surface area contributed by atoms with Crippen LogP contribution in [0.3, 0.4) is 0 Å². The highest BCUT2D eigenvalue weighted by molar-refractivity contribution is 5.52. The topological polar surface area (TPSA) is 41.0 Å². The predicted molar refractivity (Wildman–Crippen MR) is 93.7 cm³/mol. The SMILES string of the molecule is C[C@H]1Cc2ccccc2CN1c1cc(NC2CCCC2)ncn1. The fourth-order valence-corrected chi connectivity index (χ4v) is 3.85. The van der Waals surface area contributed by atoms with E-state index in [4.69, 9.17) is 0 Å². The summed E-state index contributed by atoms with van der Waals surface area (Å²) in [5, 5.41) is 3.58. The molecule has 4 nitrogen and oxygen atoms in total. The molecule has 23 heavy (non-hydrogen) atoms. The number of anilines is 2. The first-order valence-electron chi connectivity index (χ1n) is 8.71. The Labute approximate surface area is 138 Å². The van der Waals surface area contributed by atoms with E-state index < -0.39 is 0 Å². The molecule has 2 heterocycles. The number of benzene rings is 1. The molecular formula is C19H24N4. The van der Waals surface area contributed by atoms with Crippen LogP contribution in [0.2, 0.25) is 0 Å². The van der Waals surface area contributed by atoms with Gasteiger partial charge in [-0.2, -0.15) is 0 Å². The van der Waals surface area contributed by atoms with Crippen molar-refractivity contribution in [3.8, 4) is 0 Å². The lowest BCUT2D eigenvalue weighted by Gasteiger charge is -2.36. The third kappa shape index (κ3) is 3.03. The average Bonchev–Trinajstić information content (AvgIpc) is 3.07. The van der Waals surface area contributed by atoms with Crippen LogP contribution in [-0.2, 0) is 13.0 Å². The summed E-state index contributed by atoms with van der Waals surface area (Å²) in [5.41, 5.74) is 2.88. The van der Waals surface area contributed by atoms with Crippen LogP contribution < -0.4 is 10.2 Å². The Kier molecular flexibility index (Phi) is 3.90. The Balaban J connectivity index is 1.55. The number of nitrogens with zero attached hydrogens (tertiary/aromatic N) is 3. The van der Waals surface area contributed by atoms with Gasteiger partial charge >= 0.3 is 0 Å². The second kappa shape index (κ2) is 6.19. The third-order valence-electron chi connectivity index (χ3n) is 5.16. The Hall–Kier alpha value is -2.10. The summed E-state index contributed by atoms with van der Waals surface area (Å²) in [6.45, 7) is 3.21. The zero-order valence-corrected chi connectivity index (χ0v) is 13.7. The van der Waals surface area contributed by atoms with Crippen LogP contribution in [0.1, 0.15) is 43.7 Å². The van der Waals surface area contributed by atoms with Crippen molar-refractivity contribution in [2.75, 3.05) is 10.2 Å². The van der Waals surface area contributed by atoms with Crippen LogP contribution in [0.15, 0.2) is 36.7 Å². The Morgan fingerprint density at radius 1 is 1.09 bits per heavy atom. The molecule has 1 aliphatic heterocycles. The molecule has 1 fully saturated rings. The van der Waals surface area contributed by atoms with E-state index in [-0.39, 0.29) is 0 Å². The zero-order chi connectivity index (χ0) is 15.6. The fraction of sp³-hybridized carbons (Fsp3) is 0.474. The van der Waals surface area contributed by atoms with Crippen molar-refractivity contribution in [2.45, 2.75) is 57.7 Å². The van der Waals surface area contributed by atoms with E-state index in [1.807, 2.05) is 0 Å². The van der Waals surface area contributed by atoms with Crippen molar-refractivity contribution < 1.29 is 0 Å². The molecule has 0 bridgehead atoms. The lowest BCUT2D eigenvalue weighted by atomic mass is 9.95. The van der Waals surface area contributed by atoms with Crippen molar-refractivity contribution in [1.82, 2.24) is 9.97 Å². The fourth-order valence-electron chi connectivity index (χ4n) is 3.85. The predicted octanol–water partition coefficient (Wildman–Crippen LogP) is 3.78. The molecule has 2 aliphatic rings. The summed E-state index contributed by atoms with van der Waals surface area (Å²) in [6, 6.07) is 11.9. The van der Waals surface area contributed by atoms with E-state index in [1.165, 1.54) is 36.8 Å². The van der Waals surface area contributed by atoms with Crippen molar-refractivity contribution in [3.05, 3.63) is 47.8 Å². The van der Waals surface area contributed by atoms with Crippen molar-refractivity contribution in [1.29, 1.82) is 0 Å². The summed E-state index contributed by atoms with van der Waals surface area (Å²) < 4.78 is 0. The number of nitrogens with one attached hydrogen (secondary N) is 1. The minimum atomic E-state index is 0.458. The van der Waals surface area contributed by atoms with Gasteiger partial charge in [0.05, 0.1) is 0 Å². The molecule has 1 aromatic heterocycles. The third-order valence-corrected chi connectivity index (χ3v) is 5.16. The lowest BCUT2D eigenvalue weighted by molar-refractivity contribution is 0.586. The van der Waals surface area contributed by atoms with Crippen LogP contribution >= 0.6 is 0 Å². The Morgan fingerprint density at radius 2 is 1.87 bits per heavy atom. The van der Waals surface area contributed by atoms with E-state index in [9.17, 15) is 0 Å². The quantitative estimate of drug-likeness (QED) is 0.937. The summed E-state index contributed by atoms with van der Waals surface area (Å²) in [6.07, 6.45) is 7.94. The molecule has 2 aromatic rings. The maximum atomic E-state index is 4.54. The second-order valence-corrected chi connectivity index (χ2v) is 6.84. The standard InChI is InChI=1S/C19H24N4/c1-14-10-15-6-2-3-7-16(15)12-23(14)19-11-18(20-13-21-19)22-17-8-4-5-9-17/h2-3,6-7,11,13-14,17H,4-5,8-10,12H2,1H3,(H,20,21,22)/t14-/m0/s1. The molecule has 0 spiro atoms. The van der Waals surface area contributed by atoms with Crippen LogP contribution in [-0.4, -0.2) is 22.1 Å². The molecule has 0 amide bonds. The maximum absolute atomic E-state index is 4.54. The summed E-state index contributed by atoms with van der Waals surface area (Å²) in [4.78, 5) is 11.3. The molecule has 4 rings (SSSR count). The van der Waals surface area contributed by atoms with Gasteiger partial charge in [0.2, 0.25) is 0 Å². The minimum absolute atomic E-state index is 0.458. The summed E-state index contributed by atoms with van der Waals surface area (Å²) in [5.74, 6) is 2.00. The molecule has 1 aromatic carbocycles. The first-order valence-corrected chi connectivity index (χ1v) is 8.71. The van der Waals surface area contributed by atoms with E-state index in [1.54, 1.807) is 6.33 Å². The molecule has 0 unspecified atom stereocenters. The van der Waals surface area contributed by atoms with Crippen molar-refractivity contribution in [3.63, 3.8) is 0 Å². The number of aromatic nitrogens is 2. The van der Waals surface area contributed by atoms with Crippen molar-refractivity contribution in [2.24, 2.45) is 0 Å². The smallest absolute Gasteiger partial charge is 0.134 e. The van der Waals surface area contributed by atoms with E-state index in [0.717, 1.165) is 24.6 Å². The molecular weight excluding hydrogens is 284 g/mol. The van der Waals surface area contributed by atoms with Gasteiger partial charge in [0.25, 0.3) is 0 Å². The molecule has 1 aliphatic carbocycles. The molecule has 4 heteroatoms. The van der Waals surface area contributed by atoms with E-state index >= 15 is 0 Å². The molecule has 0 radical (unpaired) electrons. The Morgan fingerprint density at radius 3 is 2.70 bits per heavy atom. The summed E-state index contributed by atoms with van der Waals surface area (Å²) >= 11 is 0. The van der Waals surface area contributed by atoms with Crippen LogP contribution in [0.4, 0.5) is 11.6 Å². The monoisotopic (exact) mass is 308 g/mol. The van der Waals surface area contributed by atoms with Gasteiger partial charge in [0.1, 0.15) is 18.0 Å². The van der Waals surface area contributed by atoms with Gasteiger partial charge in [0.15, 0.2) is 0 Å². The van der Waals surface area contributed by atoms with Gasteiger partial charge in [0, 0.05) is 24.7 Å². The number of fused-ring (bicyclic) bond motifs is 1. The van der Waals surface area contributed by atoms with Crippen LogP contribution in [0, 0.1) is 0 Å². The van der Waals surface area contributed by atoms with Gasteiger partial charge in [-0.15, -0.1) is 0 Å².